The molecule has 1 N–H and O–H groups in total. The van der Waals surface area contributed by atoms with E-state index < -0.39 is 10.0 Å². The monoisotopic (exact) mass is 408 g/mol. The fourth-order valence-electron chi connectivity index (χ4n) is 4.08. The molecule has 1 aromatic carbocycles. The molecule has 2 fully saturated rings. The van der Waals surface area contributed by atoms with E-state index in [1.807, 2.05) is 30.6 Å². The number of fused-ring (bicyclic) bond motifs is 1. The van der Waals surface area contributed by atoms with Gasteiger partial charge < -0.3 is 5.32 Å². The van der Waals surface area contributed by atoms with Crippen molar-refractivity contribution in [1.82, 2.24) is 14.3 Å². The van der Waals surface area contributed by atoms with Crippen molar-refractivity contribution in [3.05, 3.63) is 55.1 Å². The molecule has 1 saturated heterocycles. The molecule has 7 heteroatoms. The van der Waals surface area contributed by atoms with Gasteiger partial charge >= 0.3 is 0 Å². The van der Waals surface area contributed by atoms with E-state index in [4.69, 9.17) is 0 Å². The van der Waals surface area contributed by atoms with E-state index in [-0.39, 0.29) is 11.3 Å². The van der Waals surface area contributed by atoms with Crippen LogP contribution in [0.3, 0.4) is 0 Å². The number of anilines is 1. The summed E-state index contributed by atoms with van der Waals surface area (Å²) in [6.45, 7) is 1.19. The van der Waals surface area contributed by atoms with Crippen molar-refractivity contribution in [3.8, 4) is 11.1 Å². The Morgan fingerprint density at radius 1 is 0.897 bits per heavy atom. The van der Waals surface area contributed by atoms with Gasteiger partial charge in [0.2, 0.25) is 10.0 Å². The lowest BCUT2D eigenvalue weighted by molar-refractivity contribution is 0.329. The highest BCUT2D eigenvalue weighted by Crippen LogP contribution is 2.34. The number of pyridine rings is 2. The van der Waals surface area contributed by atoms with E-state index >= 15 is 0 Å². The molecule has 0 spiro atoms. The van der Waals surface area contributed by atoms with Crippen LogP contribution >= 0.6 is 0 Å². The van der Waals surface area contributed by atoms with Crippen molar-refractivity contribution in [2.45, 2.75) is 37.0 Å². The summed E-state index contributed by atoms with van der Waals surface area (Å²) in [6, 6.07) is 10.6. The molecule has 29 heavy (non-hydrogen) atoms. The summed E-state index contributed by atoms with van der Waals surface area (Å²) in [7, 11) is -3.07. The third kappa shape index (κ3) is 3.72. The highest BCUT2D eigenvalue weighted by atomic mass is 32.2. The van der Waals surface area contributed by atoms with Gasteiger partial charge in [-0.3, -0.25) is 9.97 Å². The van der Waals surface area contributed by atoms with Crippen LogP contribution < -0.4 is 5.32 Å². The molecule has 0 radical (unpaired) electrons. The zero-order valence-electron chi connectivity index (χ0n) is 16.2. The number of piperidine rings is 1. The van der Waals surface area contributed by atoms with Crippen molar-refractivity contribution in [1.29, 1.82) is 0 Å². The van der Waals surface area contributed by atoms with Gasteiger partial charge in [-0.1, -0.05) is 0 Å². The zero-order chi connectivity index (χ0) is 19.8. The molecule has 2 aromatic heterocycles. The van der Waals surface area contributed by atoms with E-state index in [9.17, 15) is 8.42 Å². The Balaban J connectivity index is 1.39. The predicted molar refractivity (Wildman–Crippen MR) is 115 cm³/mol. The quantitative estimate of drug-likeness (QED) is 0.697. The minimum Gasteiger partial charge on any atom is -0.382 e. The van der Waals surface area contributed by atoms with Gasteiger partial charge in [0.15, 0.2) is 0 Å². The predicted octanol–water partition coefficient (Wildman–Crippen LogP) is 3.67. The molecular formula is C22H24N4O2S. The molecule has 1 aliphatic carbocycles. The summed E-state index contributed by atoms with van der Waals surface area (Å²) < 4.78 is 26.7. The topological polar surface area (TPSA) is 75.2 Å². The Morgan fingerprint density at radius 3 is 2.34 bits per heavy atom. The van der Waals surface area contributed by atoms with Gasteiger partial charge in [0.05, 0.1) is 5.25 Å². The minimum absolute atomic E-state index is 0.126. The Kier molecular flexibility index (Phi) is 4.72. The first-order chi connectivity index (χ1) is 14.1. The first kappa shape index (κ1) is 18.5. The molecule has 0 atom stereocenters. The molecular weight excluding hydrogens is 384 g/mol. The molecule has 0 amide bonds. The molecule has 3 aromatic rings. The number of aromatic nitrogens is 2. The number of benzene rings is 1. The number of sulfonamides is 1. The summed E-state index contributed by atoms with van der Waals surface area (Å²) in [5, 5.41) is 5.76. The number of hydrogen-bond acceptors (Lipinski definition) is 5. The van der Waals surface area contributed by atoms with Gasteiger partial charge in [-0.2, -0.15) is 0 Å². The molecule has 1 saturated carbocycles. The highest BCUT2D eigenvalue weighted by molar-refractivity contribution is 7.90. The van der Waals surface area contributed by atoms with Gasteiger partial charge in [0.1, 0.15) is 0 Å². The number of nitrogens with one attached hydrogen (secondary N) is 1. The third-order valence-corrected chi connectivity index (χ3v) is 8.29. The second kappa shape index (κ2) is 7.39. The van der Waals surface area contributed by atoms with E-state index in [1.165, 1.54) is 0 Å². The molecule has 150 valence electrons. The highest BCUT2D eigenvalue weighted by Gasteiger charge is 2.41. The largest absolute Gasteiger partial charge is 0.382 e. The van der Waals surface area contributed by atoms with E-state index in [1.54, 1.807) is 16.7 Å². The maximum atomic E-state index is 12.5. The van der Waals surface area contributed by atoms with Crippen LogP contribution in [0.1, 0.15) is 25.7 Å². The smallest absolute Gasteiger partial charge is 0.216 e. The lowest BCUT2D eigenvalue weighted by Gasteiger charge is -2.32. The van der Waals surface area contributed by atoms with Crippen LogP contribution in [0.15, 0.2) is 55.1 Å². The van der Waals surface area contributed by atoms with Crippen LogP contribution in [0.4, 0.5) is 5.69 Å². The van der Waals surface area contributed by atoms with Crippen LogP contribution in [0.2, 0.25) is 0 Å². The van der Waals surface area contributed by atoms with Crippen molar-refractivity contribution in [3.63, 3.8) is 0 Å². The standard InChI is InChI=1S/C22H24N4O2S/c27-29(28,20-1-2-20)26-11-6-19(7-12-26)25-22-14-18(16-3-8-23-9-4-16)13-17-5-10-24-15-21(17)22/h3-5,8-10,13-15,19-20,25H,1-2,6-7,11-12H2. The van der Waals surface area contributed by atoms with E-state index in [0.29, 0.717) is 13.1 Å². The van der Waals surface area contributed by atoms with Gasteiger partial charge in [0.25, 0.3) is 0 Å². The van der Waals surface area contributed by atoms with Crippen LogP contribution in [0.5, 0.6) is 0 Å². The Hall–Kier alpha value is -2.51. The van der Waals surface area contributed by atoms with Crippen molar-refractivity contribution >= 4 is 26.5 Å². The van der Waals surface area contributed by atoms with E-state index in [2.05, 4.69) is 27.4 Å². The van der Waals surface area contributed by atoms with Crippen LogP contribution in [-0.2, 0) is 10.0 Å². The van der Waals surface area contributed by atoms with Crippen molar-refractivity contribution in [2.75, 3.05) is 18.4 Å². The summed E-state index contributed by atoms with van der Waals surface area (Å²) in [4.78, 5) is 8.42. The molecule has 0 unspecified atom stereocenters. The second-order valence-electron chi connectivity index (χ2n) is 7.92. The average Bonchev–Trinajstić information content (AvgIpc) is 3.61. The molecule has 2 aliphatic rings. The van der Waals surface area contributed by atoms with E-state index in [0.717, 1.165) is 53.3 Å². The van der Waals surface area contributed by atoms with Gasteiger partial charge in [-0.15, -0.1) is 0 Å². The van der Waals surface area contributed by atoms with Crippen LogP contribution in [-0.4, -0.2) is 47.1 Å². The Labute approximate surface area is 171 Å². The number of hydrogen-bond donors (Lipinski definition) is 1. The van der Waals surface area contributed by atoms with Crippen LogP contribution in [0.25, 0.3) is 21.9 Å². The first-order valence-corrected chi connectivity index (χ1v) is 11.7. The van der Waals surface area contributed by atoms with Crippen molar-refractivity contribution < 1.29 is 8.42 Å². The maximum absolute atomic E-state index is 12.5. The fourth-order valence-corrected chi connectivity index (χ4v) is 5.95. The Bertz CT molecular complexity index is 1120. The fraction of sp³-hybridized carbons (Fsp3) is 0.364. The maximum Gasteiger partial charge on any atom is 0.216 e. The van der Waals surface area contributed by atoms with Gasteiger partial charge in [-0.25, -0.2) is 12.7 Å². The van der Waals surface area contributed by atoms with Crippen molar-refractivity contribution in [2.24, 2.45) is 0 Å². The van der Waals surface area contributed by atoms with Gasteiger partial charge in [0, 0.05) is 55.0 Å². The SMILES string of the molecule is O=S(=O)(C1CC1)N1CCC(Nc2cc(-c3ccncc3)cc3ccncc23)CC1. The summed E-state index contributed by atoms with van der Waals surface area (Å²) in [6.07, 6.45) is 10.6. The number of nitrogens with zero attached hydrogens (tertiary/aromatic N) is 3. The molecule has 1 aliphatic heterocycles. The van der Waals surface area contributed by atoms with Crippen LogP contribution in [0, 0.1) is 0 Å². The summed E-state index contributed by atoms with van der Waals surface area (Å²) in [5.41, 5.74) is 3.29. The molecule has 5 rings (SSSR count). The molecule has 0 bridgehead atoms. The summed E-state index contributed by atoms with van der Waals surface area (Å²) >= 11 is 0. The average molecular weight is 409 g/mol. The first-order valence-electron chi connectivity index (χ1n) is 10.1. The lowest BCUT2D eigenvalue weighted by Crippen LogP contribution is -2.43. The number of rotatable bonds is 5. The molecule has 6 nitrogen and oxygen atoms in total. The zero-order valence-corrected chi connectivity index (χ0v) is 17.0. The second-order valence-corrected chi connectivity index (χ2v) is 10.1. The minimum atomic E-state index is -3.07. The molecule has 3 heterocycles. The lowest BCUT2D eigenvalue weighted by atomic mass is 10.00. The Morgan fingerprint density at radius 2 is 1.62 bits per heavy atom. The third-order valence-electron chi connectivity index (χ3n) is 5.89. The van der Waals surface area contributed by atoms with Gasteiger partial charge in [-0.05, 0) is 72.5 Å². The summed E-state index contributed by atoms with van der Waals surface area (Å²) in [5.74, 6) is 0. The normalized spacial score (nSPS) is 18.8.